The van der Waals surface area contributed by atoms with Crippen LogP contribution in [0.5, 0.6) is 0 Å². The average molecular weight is 535 g/mol. The van der Waals surface area contributed by atoms with Crippen molar-refractivity contribution in [3.05, 3.63) is 71.8 Å². The lowest BCUT2D eigenvalue weighted by atomic mass is 10.1. The van der Waals surface area contributed by atoms with Gasteiger partial charge in [-0.05, 0) is 35.9 Å². The zero-order valence-electron chi connectivity index (χ0n) is 18.6. The number of halogens is 3. The summed E-state index contributed by atoms with van der Waals surface area (Å²) in [6, 6.07) is 16.0. The lowest BCUT2D eigenvalue weighted by molar-refractivity contribution is -0.0758. The minimum atomic E-state index is -1.82. The molecular formula is C24H21Cl2FN4O5. The third kappa shape index (κ3) is 4.88. The predicted molar refractivity (Wildman–Crippen MR) is 130 cm³/mol. The van der Waals surface area contributed by atoms with Gasteiger partial charge in [-0.1, -0.05) is 48.0 Å². The van der Waals surface area contributed by atoms with Gasteiger partial charge >= 0.3 is 11.9 Å². The van der Waals surface area contributed by atoms with Crippen LogP contribution in [0.25, 0.3) is 0 Å². The Kier molecular flexibility index (Phi) is 7.08. The monoisotopic (exact) mass is 534 g/mol. The highest BCUT2D eigenvalue weighted by Gasteiger charge is 2.54. The van der Waals surface area contributed by atoms with E-state index in [0.717, 1.165) is 0 Å². The van der Waals surface area contributed by atoms with Gasteiger partial charge in [0.15, 0.2) is 30.0 Å². The summed E-state index contributed by atoms with van der Waals surface area (Å²) in [5.74, 6) is -1.35. The predicted octanol–water partition coefficient (Wildman–Crippen LogP) is 2.93. The molecule has 1 N–H and O–H groups in total. The number of hydrogen-bond acceptors (Lipinski definition) is 9. The van der Waals surface area contributed by atoms with Crippen LogP contribution in [-0.4, -0.2) is 77.4 Å². The summed E-state index contributed by atoms with van der Waals surface area (Å²) in [5.41, 5.74) is -0.0891. The van der Waals surface area contributed by atoms with E-state index in [1.54, 1.807) is 60.7 Å². The largest absolute Gasteiger partial charge is 0.459 e. The van der Waals surface area contributed by atoms with Gasteiger partial charge < -0.3 is 24.4 Å². The number of esters is 2. The van der Waals surface area contributed by atoms with Crippen molar-refractivity contribution in [3.63, 3.8) is 0 Å². The molecule has 0 bridgehead atoms. The highest BCUT2D eigenvalue weighted by molar-refractivity contribution is 6.65. The number of alkyl halides is 2. The van der Waals surface area contributed by atoms with Crippen LogP contribution in [0.15, 0.2) is 70.6 Å². The van der Waals surface area contributed by atoms with E-state index in [0.29, 0.717) is 5.56 Å². The third-order valence-electron chi connectivity index (χ3n) is 5.99. The van der Waals surface area contributed by atoms with Gasteiger partial charge in [-0.3, -0.25) is 4.99 Å². The van der Waals surface area contributed by atoms with Gasteiger partial charge in [-0.15, -0.1) is 0 Å². The van der Waals surface area contributed by atoms with Crippen molar-refractivity contribution in [1.29, 1.82) is 0 Å². The lowest BCUT2D eigenvalue weighted by Crippen LogP contribution is -2.54. The summed E-state index contributed by atoms with van der Waals surface area (Å²) < 4.78 is 32.7. The highest BCUT2D eigenvalue weighted by Crippen LogP contribution is 2.35. The Bertz CT molecular complexity index is 1170. The molecular weight excluding hydrogens is 514 g/mol. The molecule has 36 heavy (non-hydrogen) atoms. The van der Waals surface area contributed by atoms with Crippen molar-refractivity contribution in [3.8, 4) is 0 Å². The van der Waals surface area contributed by atoms with E-state index in [9.17, 15) is 9.59 Å². The molecule has 12 heteroatoms. The van der Waals surface area contributed by atoms with Crippen molar-refractivity contribution >= 4 is 46.8 Å². The normalized spacial score (nSPS) is 30.8. The third-order valence-corrected chi connectivity index (χ3v) is 6.56. The second-order valence-corrected chi connectivity index (χ2v) is 9.12. The molecule has 3 heterocycles. The van der Waals surface area contributed by atoms with Crippen LogP contribution in [-0.2, 0) is 14.2 Å². The number of rotatable bonds is 6. The van der Waals surface area contributed by atoms with Crippen LogP contribution in [0.2, 0.25) is 0 Å². The quantitative estimate of drug-likeness (QED) is 0.345. The number of fused-ring (bicyclic) bond motifs is 1. The molecule has 0 radical (unpaired) electrons. The first kappa shape index (κ1) is 24.5. The molecule has 1 saturated heterocycles. The number of carbonyl (C=O) groups excluding carboxylic acids is 2. The minimum absolute atomic E-state index is 0.0561. The Morgan fingerprint density at radius 3 is 2.36 bits per heavy atom. The first-order valence-electron chi connectivity index (χ1n) is 11.1. The first-order chi connectivity index (χ1) is 17.4. The molecule has 0 amide bonds. The van der Waals surface area contributed by atoms with Gasteiger partial charge in [0.2, 0.25) is 0 Å². The van der Waals surface area contributed by atoms with E-state index in [1.807, 2.05) is 0 Å². The molecule has 5 rings (SSSR count). The fourth-order valence-electron chi connectivity index (χ4n) is 4.20. The van der Waals surface area contributed by atoms with E-state index >= 15 is 4.39 Å². The molecule has 0 aromatic heterocycles. The molecule has 1 fully saturated rings. The number of nitrogens with one attached hydrogen (secondary N) is 1. The molecule has 0 aliphatic carbocycles. The summed E-state index contributed by atoms with van der Waals surface area (Å²) in [4.78, 5) is 35.2. The van der Waals surface area contributed by atoms with E-state index in [2.05, 4.69) is 15.3 Å². The van der Waals surface area contributed by atoms with Crippen LogP contribution in [0, 0.1) is 0 Å². The van der Waals surface area contributed by atoms with Crippen LogP contribution in [0.4, 0.5) is 4.39 Å². The van der Waals surface area contributed by atoms with E-state index in [-0.39, 0.29) is 17.5 Å². The van der Waals surface area contributed by atoms with Crippen LogP contribution in [0.3, 0.4) is 0 Å². The van der Waals surface area contributed by atoms with E-state index in [4.69, 9.17) is 37.4 Å². The maximum atomic E-state index is 15.9. The van der Waals surface area contributed by atoms with E-state index in [1.165, 1.54) is 11.2 Å². The Hall–Kier alpha value is -3.21. The maximum Gasteiger partial charge on any atom is 0.338 e. The van der Waals surface area contributed by atoms with Crippen molar-refractivity contribution in [2.24, 2.45) is 9.98 Å². The zero-order chi connectivity index (χ0) is 25.2. The number of amidine groups is 1. The summed E-state index contributed by atoms with van der Waals surface area (Å²) >= 11 is 12.3. The first-order valence-corrected chi connectivity index (χ1v) is 12.0. The van der Waals surface area contributed by atoms with Crippen molar-refractivity contribution in [1.82, 2.24) is 10.2 Å². The van der Waals surface area contributed by atoms with E-state index < -0.39 is 54.3 Å². The number of aliphatic imine (C=N–C) groups is 2. The molecule has 2 aromatic carbocycles. The molecule has 4 unspecified atom stereocenters. The Morgan fingerprint density at radius 1 is 1.06 bits per heavy atom. The van der Waals surface area contributed by atoms with Gasteiger partial charge in [0, 0.05) is 0 Å². The van der Waals surface area contributed by atoms with Crippen LogP contribution >= 0.6 is 23.2 Å². The van der Waals surface area contributed by atoms with Crippen LogP contribution < -0.4 is 5.32 Å². The standard InChI is InChI=1S/C24H21Cl2FN4O5/c25-19-17-20(30-24(26)29-19)31(12-28-17)21-16(27)18(36-23(33)14-9-5-2-6-10-14)15(35-21)11-34-22(32)13-7-3-1-4-8-13/h1-10,12,15-21H,11H2,(H,29,30)/t15-,16-,17?,18?,19?,20?,21-/m1/s1. The molecule has 0 saturated carbocycles. The zero-order valence-corrected chi connectivity index (χ0v) is 20.1. The van der Waals surface area contributed by atoms with Gasteiger partial charge in [-0.25, -0.2) is 19.0 Å². The Morgan fingerprint density at radius 2 is 1.69 bits per heavy atom. The number of nitrogens with zero attached hydrogens (tertiary/aromatic N) is 3. The maximum absolute atomic E-state index is 15.9. The summed E-state index contributed by atoms with van der Waals surface area (Å²) in [5, 5.41) is 2.82. The number of carbonyl (C=O) groups is 2. The molecule has 3 aliphatic rings. The Balaban J connectivity index is 1.35. The van der Waals surface area contributed by atoms with Gasteiger partial charge in [0.05, 0.1) is 17.5 Å². The molecule has 9 nitrogen and oxygen atoms in total. The fourth-order valence-corrected chi connectivity index (χ4v) is 4.78. The van der Waals surface area contributed by atoms with Gasteiger partial charge in [-0.2, -0.15) is 0 Å². The fraction of sp³-hybridized carbons (Fsp3) is 0.333. The highest BCUT2D eigenvalue weighted by atomic mass is 35.5. The smallest absolute Gasteiger partial charge is 0.338 e. The lowest BCUT2D eigenvalue weighted by Gasteiger charge is -2.34. The molecule has 7 atom stereocenters. The number of hydrogen-bond donors (Lipinski definition) is 1. The second-order valence-electron chi connectivity index (χ2n) is 8.29. The Labute approximate surface area is 215 Å². The topological polar surface area (TPSA) is 102 Å². The number of ether oxygens (including phenoxy) is 3. The second kappa shape index (κ2) is 10.4. The molecule has 3 aliphatic heterocycles. The molecule has 0 spiro atoms. The average Bonchev–Trinajstić information content (AvgIpc) is 3.44. The van der Waals surface area contributed by atoms with Crippen LogP contribution in [0.1, 0.15) is 20.7 Å². The van der Waals surface area contributed by atoms with Gasteiger partial charge in [0.25, 0.3) is 0 Å². The summed E-state index contributed by atoms with van der Waals surface area (Å²) in [6.07, 6.45) is -4.86. The molecule has 188 valence electrons. The SMILES string of the molecule is O=C(OC[C@H]1O[C@@H](N2C=NC3C(Cl)NC(Cl)=NC32)[C@H](F)C1OC(=O)c1ccccc1)c1ccccc1. The molecule has 2 aromatic rings. The van der Waals surface area contributed by atoms with Crippen molar-refractivity contribution in [2.45, 2.75) is 42.3 Å². The van der Waals surface area contributed by atoms with Crippen molar-refractivity contribution < 1.29 is 28.2 Å². The summed E-state index contributed by atoms with van der Waals surface area (Å²) in [6.45, 7) is -0.347. The summed E-state index contributed by atoms with van der Waals surface area (Å²) in [7, 11) is 0. The van der Waals surface area contributed by atoms with Gasteiger partial charge in [0.1, 0.15) is 24.3 Å². The number of benzene rings is 2. The van der Waals surface area contributed by atoms with Crippen molar-refractivity contribution in [2.75, 3.05) is 6.61 Å². The minimum Gasteiger partial charge on any atom is -0.459 e.